The largest absolute Gasteiger partial charge is 0.356 e. The summed E-state index contributed by atoms with van der Waals surface area (Å²) in [5, 5.41) is 6.74. The Morgan fingerprint density at radius 1 is 1.52 bits per heavy atom. The molecule has 3 heterocycles. The molecule has 0 radical (unpaired) electrons. The van der Waals surface area contributed by atoms with Gasteiger partial charge in [-0.1, -0.05) is 11.2 Å². The molecule has 25 heavy (non-hydrogen) atoms. The van der Waals surface area contributed by atoms with Crippen molar-refractivity contribution in [2.75, 3.05) is 24.5 Å². The lowest BCUT2D eigenvalue weighted by Crippen LogP contribution is -2.37. The van der Waals surface area contributed by atoms with Crippen LogP contribution in [0.1, 0.15) is 34.9 Å². The molecule has 7 nitrogen and oxygen atoms in total. The van der Waals surface area contributed by atoms with Gasteiger partial charge in [-0.25, -0.2) is 4.98 Å². The summed E-state index contributed by atoms with van der Waals surface area (Å²) in [5.41, 5.74) is 0.557. The van der Waals surface area contributed by atoms with Crippen LogP contribution in [-0.2, 0) is 6.42 Å². The second kappa shape index (κ2) is 7.92. The van der Waals surface area contributed by atoms with Crippen LogP contribution in [0.4, 0.5) is 5.82 Å². The first-order chi connectivity index (χ1) is 12.2. The molecule has 0 bridgehead atoms. The van der Waals surface area contributed by atoms with Crippen LogP contribution in [0.15, 0.2) is 35.5 Å². The van der Waals surface area contributed by atoms with Crippen molar-refractivity contribution in [3.63, 3.8) is 0 Å². The van der Waals surface area contributed by atoms with E-state index in [1.807, 2.05) is 12.1 Å². The Labute approximate surface area is 147 Å². The summed E-state index contributed by atoms with van der Waals surface area (Å²) in [7, 11) is 0. The second-order valence-corrected chi connectivity index (χ2v) is 6.29. The molecule has 0 aromatic carbocycles. The monoisotopic (exact) mass is 341 g/mol. The fraction of sp³-hybridized carbons (Fsp3) is 0.444. The lowest BCUT2D eigenvalue weighted by molar-refractivity contribution is 0.0957. The maximum Gasteiger partial charge on any atom is 0.253 e. The van der Waals surface area contributed by atoms with Gasteiger partial charge in [0.1, 0.15) is 5.82 Å². The van der Waals surface area contributed by atoms with Gasteiger partial charge >= 0.3 is 0 Å². The molecule has 1 amide bonds. The molecular formula is C18H23N5O2. The first kappa shape index (κ1) is 17.1. The first-order valence-corrected chi connectivity index (χ1v) is 8.55. The zero-order chi connectivity index (χ0) is 17.6. The Hall–Kier alpha value is -2.70. The van der Waals surface area contributed by atoms with Gasteiger partial charge in [-0.15, -0.1) is 6.58 Å². The van der Waals surface area contributed by atoms with E-state index in [2.05, 4.69) is 31.9 Å². The maximum absolute atomic E-state index is 11.9. The third-order valence-electron chi connectivity index (χ3n) is 4.30. The van der Waals surface area contributed by atoms with Crippen molar-refractivity contribution in [2.24, 2.45) is 5.92 Å². The van der Waals surface area contributed by atoms with Crippen molar-refractivity contribution in [1.29, 1.82) is 0 Å². The fourth-order valence-corrected chi connectivity index (χ4v) is 3.10. The van der Waals surface area contributed by atoms with Crippen LogP contribution in [0.3, 0.4) is 0 Å². The Morgan fingerprint density at radius 2 is 2.40 bits per heavy atom. The highest BCUT2D eigenvalue weighted by molar-refractivity contribution is 5.94. The van der Waals surface area contributed by atoms with Gasteiger partial charge in [0.05, 0.1) is 5.56 Å². The lowest BCUT2D eigenvalue weighted by atomic mass is 9.94. The quantitative estimate of drug-likeness (QED) is 0.811. The van der Waals surface area contributed by atoms with Gasteiger partial charge in [0.25, 0.3) is 5.91 Å². The summed E-state index contributed by atoms with van der Waals surface area (Å²) in [6, 6.07) is 3.72. The van der Waals surface area contributed by atoms with Crippen molar-refractivity contribution in [3.05, 3.63) is 48.3 Å². The van der Waals surface area contributed by atoms with Crippen LogP contribution in [0.2, 0.25) is 0 Å². The number of nitrogens with one attached hydrogen (secondary N) is 1. The van der Waals surface area contributed by atoms with E-state index in [1.165, 1.54) is 0 Å². The summed E-state index contributed by atoms with van der Waals surface area (Å²) in [5.74, 6) is 2.61. The average molecular weight is 341 g/mol. The number of piperidine rings is 1. The fourth-order valence-electron chi connectivity index (χ4n) is 3.10. The molecule has 3 rings (SSSR count). The molecule has 0 spiro atoms. The average Bonchev–Trinajstić information content (AvgIpc) is 3.05. The van der Waals surface area contributed by atoms with Crippen LogP contribution in [-0.4, -0.2) is 40.7 Å². The molecule has 1 N–H and O–H groups in total. The number of rotatable bonds is 6. The molecular weight excluding hydrogens is 318 g/mol. The van der Waals surface area contributed by atoms with Crippen molar-refractivity contribution in [3.8, 4) is 0 Å². The number of nitrogens with zero attached hydrogens (tertiary/aromatic N) is 4. The van der Waals surface area contributed by atoms with Gasteiger partial charge in [-0.05, 0) is 30.9 Å². The SMILES string of the molecule is C=CCNC(=O)c1ccc(N2CCCC(Cc3noc(C)n3)C2)nc1. The molecule has 7 heteroatoms. The Bertz CT molecular complexity index is 725. The van der Waals surface area contributed by atoms with Gasteiger partial charge in [0.15, 0.2) is 5.82 Å². The summed E-state index contributed by atoms with van der Waals surface area (Å²) in [6.07, 6.45) is 6.34. The summed E-state index contributed by atoms with van der Waals surface area (Å²) in [4.78, 5) is 22.9. The highest BCUT2D eigenvalue weighted by Gasteiger charge is 2.23. The zero-order valence-corrected chi connectivity index (χ0v) is 14.4. The minimum Gasteiger partial charge on any atom is -0.356 e. The predicted octanol–water partition coefficient (Wildman–Crippen LogP) is 2.15. The topological polar surface area (TPSA) is 84.2 Å². The molecule has 2 aromatic rings. The van der Waals surface area contributed by atoms with E-state index >= 15 is 0 Å². The number of aryl methyl sites for hydroxylation is 1. The van der Waals surface area contributed by atoms with Gasteiger partial charge in [0.2, 0.25) is 5.89 Å². The van der Waals surface area contributed by atoms with E-state index in [9.17, 15) is 4.79 Å². The maximum atomic E-state index is 11.9. The van der Waals surface area contributed by atoms with Crippen molar-refractivity contribution in [1.82, 2.24) is 20.4 Å². The van der Waals surface area contributed by atoms with Crippen LogP contribution >= 0.6 is 0 Å². The molecule has 1 aliphatic heterocycles. The van der Waals surface area contributed by atoms with Crippen LogP contribution in [0.5, 0.6) is 0 Å². The molecule has 1 fully saturated rings. The normalized spacial score (nSPS) is 17.3. The Kier molecular flexibility index (Phi) is 5.42. The highest BCUT2D eigenvalue weighted by Crippen LogP contribution is 2.23. The highest BCUT2D eigenvalue weighted by atomic mass is 16.5. The Balaban J connectivity index is 1.61. The minimum absolute atomic E-state index is 0.136. The molecule has 0 saturated carbocycles. The number of anilines is 1. The van der Waals surface area contributed by atoms with Gasteiger partial charge < -0.3 is 14.7 Å². The number of amides is 1. The molecule has 1 saturated heterocycles. The van der Waals surface area contributed by atoms with Crippen LogP contribution < -0.4 is 10.2 Å². The number of hydrogen-bond acceptors (Lipinski definition) is 6. The number of pyridine rings is 1. The molecule has 1 unspecified atom stereocenters. The summed E-state index contributed by atoms with van der Waals surface area (Å²) in [6.45, 7) is 7.72. The van der Waals surface area contributed by atoms with Crippen molar-refractivity contribution >= 4 is 11.7 Å². The number of carbonyl (C=O) groups excluding carboxylic acids is 1. The first-order valence-electron chi connectivity index (χ1n) is 8.55. The van der Waals surface area contributed by atoms with E-state index < -0.39 is 0 Å². The van der Waals surface area contributed by atoms with E-state index in [1.54, 1.807) is 19.2 Å². The third kappa shape index (κ3) is 4.43. The minimum atomic E-state index is -0.136. The van der Waals surface area contributed by atoms with E-state index in [0.29, 0.717) is 23.9 Å². The summed E-state index contributed by atoms with van der Waals surface area (Å²) < 4.78 is 5.05. The predicted molar refractivity (Wildman–Crippen MR) is 94.4 cm³/mol. The summed E-state index contributed by atoms with van der Waals surface area (Å²) >= 11 is 0. The number of aromatic nitrogens is 3. The van der Waals surface area contributed by atoms with Crippen molar-refractivity contribution < 1.29 is 9.32 Å². The smallest absolute Gasteiger partial charge is 0.253 e. The number of carbonyl (C=O) groups is 1. The van der Waals surface area contributed by atoms with Crippen LogP contribution in [0.25, 0.3) is 0 Å². The number of hydrogen-bond donors (Lipinski definition) is 1. The molecule has 132 valence electrons. The van der Waals surface area contributed by atoms with Crippen molar-refractivity contribution in [2.45, 2.75) is 26.2 Å². The van der Waals surface area contributed by atoms with E-state index in [0.717, 1.165) is 44.0 Å². The zero-order valence-electron chi connectivity index (χ0n) is 14.4. The Morgan fingerprint density at radius 3 is 3.08 bits per heavy atom. The van der Waals surface area contributed by atoms with Gasteiger partial charge in [0, 0.05) is 39.2 Å². The molecule has 0 aliphatic carbocycles. The van der Waals surface area contributed by atoms with E-state index in [-0.39, 0.29) is 5.91 Å². The van der Waals surface area contributed by atoms with Gasteiger partial charge in [-0.2, -0.15) is 4.98 Å². The van der Waals surface area contributed by atoms with Gasteiger partial charge in [-0.3, -0.25) is 4.79 Å². The third-order valence-corrected chi connectivity index (χ3v) is 4.30. The van der Waals surface area contributed by atoms with E-state index in [4.69, 9.17) is 4.52 Å². The lowest BCUT2D eigenvalue weighted by Gasteiger charge is -2.33. The second-order valence-electron chi connectivity index (χ2n) is 6.29. The molecule has 1 aliphatic rings. The standard InChI is InChI=1S/C18H23N5O2/c1-3-8-19-18(24)15-6-7-17(20-11-15)23-9-4-5-14(12-23)10-16-21-13(2)25-22-16/h3,6-7,11,14H,1,4-5,8-10,12H2,2H3,(H,19,24). The van der Waals surface area contributed by atoms with Crippen LogP contribution in [0, 0.1) is 12.8 Å². The molecule has 2 aromatic heterocycles. The molecule has 1 atom stereocenters.